The van der Waals surface area contributed by atoms with E-state index in [4.69, 9.17) is 9.97 Å². The number of nitrogens with zero attached hydrogens (tertiary/aromatic N) is 4. The van der Waals surface area contributed by atoms with E-state index in [-0.39, 0.29) is 0 Å². The Labute approximate surface area is 252 Å². The van der Waals surface area contributed by atoms with E-state index in [0.29, 0.717) is 0 Å². The third-order valence-electron chi connectivity index (χ3n) is 7.31. The number of hydrogen-bond donors (Lipinski definition) is 0. The molecular formula is C32H34Br2N4S. The summed E-state index contributed by atoms with van der Waals surface area (Å²) < 4.78 is 10.7. The van der Waals surface area contributed by atoms with Gasteiger partial charge in [0, 0.05) is 11.1 Å². The quantitative estimate of drug-likeness (QED) is 0.124. The van der Waals surface area contributed by atoms with Crippen LogP contribution in [0.25, 0.3) is 44.6 Å². The van der Waals surface area contributed by atoms with Crippen LogP contribution in [0.4, 0.5) is 0 Å². The Bertz CT molecular complexity index is 1430. The molecule has 3 aromatic carbocycles. The first kappa shape index (κ1) is 28.3. The number of hydrogen-bond acceptors (Lipinski definition) is 5. The standard InChI is InChI=1S/C32H34Br2N4S/c1-3-5-7-9-11-21-13-17-23(18-14-21)27-28(24-19-15-22(16-20-24)12-10-8-6-4-2)36-30-26(34)32-31(37-39-38-32)25(33)29(30)35-27/h13-20H,3-12H2,1-2H3. The van der Waals surface area contributed by atoms with E-state index >= 15 is 0 Å². The van der Waals surface area contributed by atoms with Crippen LogP contribution in [0, 0.1) is 0 Å². The lowest BCUT2D eigenvalue weighted by molar-refractivity contribution is 0.667. The number of halogens is 2. The molecule has 2 heterocycles. The van der Waals surface area contributed by atoms with E-state index < -0.39 is 0 Å². The van der Waals surface area contributed by atoms with Gasteiger partial charge in [0.2, 0.25) is 0 Å². The van der Waals surface area contributed by atoms with Gasteiger partial charge in [0.25, 0.3) is 0 Å². The third-order valence-corrected chi connectivity index (χ3v) is 9.34. The Hall–Kier alpha value is -2.22. The van der Waals surface area contributed by atoms with E-state index in [1.165, 1.54) is 74.2 Å². The molecule has 0 fully saturated rings. The molecule has 4 nitrogen and oxygen atoms in total. The minimum atomic E-state index is 0.789. The molecule has 0 bridgehead atoms. The molecule has 202 valence electrons. The third kappa shape index (κ3) is 6.41. The van der Waals surface area contributed by atoms with Crippen LogP contribution in [0.5, 0.6) is 0 Å². The maximum absolute atomic E-state index is 5.22. The molecule has 39 heavy (non-hydrogen) atoms. The van der Waals surface area contributed by atoms with Gasteiger partial charge >= 0.3 is 0 Å². The second kappa shape index (κ2) is 13.4. The van der Waals surface area contributed by atoms with Gasteiger partial charge in [-0.1, -0.05) is 101 Å². The summed E-state index contributed by atoms with van der Waals surface area (Å²) in [5.41, 5.74) is 9.84. The number of aryl methyl sites for hydroxylation is 2. The van der Waals surface area contributed by atoms with Gasteiger partial charge in [-0.15, -0.1) is 0 Å². The minimum absolute atomic E-state index is 0.789. The number of aromatic nitrogens is 4. The molecule has 0 atom stereocenters. The van der Waals surface area contributed by atoms with Crippen molar-refractivity contribution in [1.29, 1.82) is 0 Å². The lowest BCUT2D eigenvalue weighted by atomic mass is 9.99. The highest BCUT2D eigenvalue weighted by atomic mass is 79.9. The lowest BCUT2D eigenvalue weighted by Crippen LogP contribution is -1.98. The monoisotopic (exact) mass is 664 g/mol. The summed E-state index contributed by atoms with van der Waals surface area (Å²) in [5.74, 6) is 0. The first-order chi connectivity index (χ1) is 19.1. The van der Waals surface area contributed by atoms with Crippen molar-refractivity contribution in [2.45, 2.75) is 78.1 Å². The molecule has 5 aromatic rings. The van der Waals surface area contributed by atoms with Crippen molar-refractivity contribution in [1.82, 2.24) is 18.7 Å². The van der Waals surface area contributed by atoms with Crippen LogP contribution in [0.15, 0.2) is 57.5 Å². The van der Waals surface area contributed by atoms with Crippen molar-refractivity contribution in [3.63, 3.8) is 0 Å². The maximum atomic E-state index is 5.22. The van der Waals surface area contributed by atoms with Crippen LogP contribution in [-0.4, -0.2) is 18.7 Å². The highest BCUT2D eigenvalue weighted by Crippen LogP contribution is 2.40. The Morgan fingerprint density at radius 2 is 0.949 bits per heavy atom. The van der Waals surface area contributed by atoms with Crippen LogP contribution in [0.3, 0.4) is 0 Å². The molecule has 7 heteroatoms. The van der Waals surface area contributed by atoms with Crippen molar-refractivity contribution >= 4 is 65.7 Å². The summed E-state index contributed by atoms with van der Waals surface area (Å²) in [6.45, 7) is 4.51. The first-order valence-corrected chi connectivity index (χ1v) is 16.4. The van der Waals surface area contributed by atoms with Gasteiger partial charge in [0.1, 0.15) is 22.1 Å². The van der Waals surface area contributed by atoms with Gasteiger partial charge in [0.15, 0.2) is 0 Å². The predicted molar refractivity (Wildman–Crippen MR) is 172 cm³/mol. The van der Waals surface area contributed by atoms with Crippen molar-refractivity contribution in [3.05, 3.63) is 68.6 Å². The minimum Gasteiger partial charge on any atom is -0.243 e. The van der Waals surface area contributed by atoms with E-state index in [2.05, 4.69) is 103 Å². The average Bonchev–Trinajstić information content (AvgIpc) is 3.47. The fourth-order valence-corrected chi connectivity index (χ4v) is 6.92. The smallest absolute Gasteiger partial charge is 0.122 e. The summed E-state index contributed by atoms with van der Waals surface area (Å²) in [7, 11) is 0. The lowest BCUT2D eigenvalue weighted by Gasteiger charge is -2.13. The van der Waals surface area contributed by atoms with E-state index in [0.717, 1.165) is 66.4 Å². The van der Waals surface area contributed by atoms with Crippen molar-refractivity contribution in [2.24, 2.45) is 0 Å². The van der Waals surface area contributed by atoms with Gasteiger partial charge in [-0.3, -0.25) is 0 Å². The fourth-order valence-electron chi connectivity index (χ4n) is 5.02. The Balaban J connectivity index is 1.56. The van der Waals surface area contributed by atoms with Crippen molar-refractivity contribution in [3.8, 4) is 22.5 Å². The predicted octanol–water partition coefficient (Wildman–Crippen LogP) is 10.7. The highest BCUT2D eigenvalue weighted by Gasteiger charge is 2.21. The SMILES string of the molecule is CCCCCCc1ccc(-c2nc3c(Br)c4nsnc4c(Br)c3nc2-c2ccc(CCCCCC)cc2)cc1. The molecule has 0 N–H and O–H groups in total. The van der Waals surface area contributed by atoms with Gasteiger partial charge in [-0.05, 0) is 68.7 Å². The molecule has 0 amide bonds. The van der Waals surface area contributed by atoms with E-state index in [1.54, 1.807) is 0 Å². The topological polar surface area (TPSA) is 51.6 Å². The van der Waals surface area contributed by atoms with Gasteiger partial charge in [0.05, 0.1) is 32.1 Å². The Kier molecular flexibility index (Phi) is 9.75. The zero-order chi connectivity index (χ0) is 27.2. The van der Waals surface area contributed by atoms with Gasteiger partial charge in [-0.25, -0.2) is 9.97 Å². The van der Waals surface area contributed by atoms with Crippen LogP contribution >= 0.6 is 43.6 Å². The summed E-state index contributed by atoms with van der Waals surface area (Å²) >= 11 is 8.72. The summed E-state index contributed by atoms with van der Waals surface area (Å²) in [6, 6.07) is 17.8. The zero-order valence-corrected chi connectivity index (χ0v) is 26.6. The molecule has 5 rings (SSSR count). The van der Waals surface area contributed by atoms with E-state index in [1.807, 2.05) is 0 Å². The molecule has 0 unspecified atom stereocenters. The van der Waals surface area contributed by atoms with Crippen molar-refractivity contribution < 1.29 is 0 Å². The normalized spacial score (nSPS) is 11.6. The van der Waals surface area contributed by atoms with Gasteiger partial charge in [-0.2, -0.15) is 8.75 Å². The molecule has 0 aliphatic rings. The Morgan fingerprint density at radius 1 is 0.538 bits per heavy atom. The Morgan fingerprint density at radius 3 is 1.33 bits per heavy atom. The maximum Gasteiger partial charge on any atom is 0.122 e. The molecule has 2 aromatic heterocycles. The summed E-state index contributed by atoms with van der Waals surface area (Å²) in [5, 5.41) is 0. The number of benzene rings is 3. The second-order valence-electron chi connectivity index (χ2n) is 10.2. The van der Waals surface area contributed by atoms with Crippen LogP contribution in [0.1, 0.15) is 76.3 Å². The van der Waals surface area contributed by atoms with Crippen LogP contribution in [-0.2, 0) is 12.8 Å². The molecule has 0 saturated carbocycles. The largest absolute Gasteiger partial charge is 0.243 e. The average molecular weight is 667 g/mol. The molecular weight excluding hydrogens is 632 g/mol. The zero-order valence-electron chi connectivity index (χ0n) is 22.6. The summed E-state index contributed by atoms with van der Waals surface area (Å²) in [6.07, 6.45) is 12.4. The van der Waals surface area contributed by atoms with Crippen molar-refractivity contribution in [2.75, 3.05) is 0 Å². The molecule has 0 spiro atoms. The molecule has 0 aliphatic carbocycles. The molecule has 0 radical (unpaired) electrons. The number of unbranched alkanes of at least 4 members (excludes halogenated alkanes) is 6. The van der Waals surface area contributed by atoms with E-state index in [9.17, 15) is 0 Å². The first-order valence-electron chi connectivity index (χ1n) is 14.1. The highest BCUT2D eigenvalue weighted by molar-refractivity contribution is 9.11. The summed E-state index contributed by atoms with van der Waals surface area (Å²) in [4.78, 5) is 10.4. The van der Waals surface area contributed by atoms with Crippen LogP contribution < -0.4 is 0 Å². The number of fused-ring (bicyclic) bond motifs is 2. The number of rotatable bonds is 12. The van der Waals surface area contributed by atoms with Crippen LogP contribution in [0.2, 0.25) is 0 Å². The second-order valence-corrected chi connectivity index (χ2v) is 12.3. The fraction of sp³-hybridized carbons (Fsp3) is 0.375. The molecule has 0 aliphatic heterocycles. The van der Waals surface area contributed by atoms with Gasteiger partial charge < -0.3 is 0 Å². The molecule has 0 saturated heterocycles.